The molecule has 2 atom stereocenters. The highest BCUT2D eigenvalue weighted by Gasteiger charge is 2.30. The molecule has 0 saturated carbocycles. The number of likely N-dealkylation sites (N-methyl/N-ethyl adjacent to an activating group) is 1. The highest BCUT2D eigenvalue weighted by atomic mass is 16.5. The molecule has 6 rings (SSSR count). The number of carbonyl (C=O) groups excluding carboxylic acids is 1. The molecule has 0 bridgehead atoms. The molecule has 222 valence electrons. The van der Waals surface area contributed by atoms with Crippen molar-refractivity contribution >= 4 is 17.0 Å². The third-order valence-corrected chi connectivity index (χ3v) is 8.25. The van der Waals surface area contributed by atoms with E-state index in [4.69, 9.17) is 18.6 Å². The lowest BCUT2D eigenvalue weighted by atomic mass is 10.0. The largest absolute Gasteiger partial charge is 0.496 e. The number of carbonyl (C=O) groups is 1. The monoisotopic (exact) mass is 582 g/mol. The van der Waals surface area contributed by atoms with E-state index in [-0.39, 0.29) is 30.7 Å². The number of nitrogens with zero attached hydrogens (tertiary/aromatic N) is 3. The summed E-state index contributed by atoms with van der Waals surface area (Å²) >= 11 is 0. The molecule has 43 heavy (non-hydrogen) atoms. The van der Waals surface area contributed by atoms with Crippen molar-refractivity contribution in [3.63, 3.8) is 0 Å². The molecular formula is C33H34N4O6. The van der Waals surface area contributed by atoms with E-state index in [0.29, 0.717) is 71.2 Å². The first-order valence-electron chi connectivity index (χ1n) is 14.4. The molecule has 10 nitrogen and oxygen atoms in total. The lowest BCUT2D eigenvalue weighted by Crippen LogP contribution is -2.36. The number of pyridine rings is 1. The lowest BCUT2D eigenvalue weighted by Gasteiger charge is -2.23. The normalized spacial score (nSPS) is 19.3. The van der Waals surface area contributed by atoms with Crippen molar-refractivity contribution < 1.29 is 28.5 Å². The van der Waals surface area contributed by atoms with E-state index in [9.17, 15) is 15.2 Å². The van der Waals surface area contributed by atoms with Gasteiger partial charge in [0.05, 0.1) is 38.1 Å². The van der Waals surface area contributed by atoms with E-state index >= 15 is 0 Å². The molecule has 0 unspecified atom stereocenters. The number of furan rings is 1. The van der Waals surface area contributed by atoms with Gasteiger partial charge < -0.3 is 29.1 Å². The summed E-state index contributed by atoms with van der Waals surface area (Å²) in [6.07, 6.45) is 4.03. The number of hydrogen-bond acceptors (Lipinski definition) is 9. The van der Waals surface area contributed by atoms with Crippen LogP contribution in [-0.2, 0) is 4.74 Å². The number of benzene rings is 2. The van der Waals surface area contributed by atoms with Gasteiger partial charge in [-0.2, -0.15) is 5.26 Å². The number of likely N-dealkylation sites (tertiary alicyclic amines) is 1. The SMILES string of the molecule is COc1cc(C(=O)N[C@H]2C[C@@H](CO)N(C)C2)ccc1-c1cc2nccc(-c3ccc(OC4CCOCC4)c(C#N)c3)c2o1. The molecule has 2 saturated heterocycles. The molecule has 0 aliphatic carbocycles. The summed E-state index contributed by atoms with van der Waals surface area (Å²) in [7, 11) is 3.50. The van der Waals surface area contributed by atoms with Crippen molar-refractivity contribution in [2.24, 2.45) is 0 Å². The van der Waals surface area contributed by atoms with Crippen LogP contribution in [0.5, 0.6) is 11.5 Å². The zero-order valence-corrected chi connectivity index (χ0v) is 24.2. The van der Waals surface area contributed by atoms with E-state index < -0.39 is 0 Å². The molecule has 2 aliphatic rings. The number of aliphatic hydroxyl groups excluding tert-OH is 1. The number of methoxy groups -OCH3 is 1. The smallest absolute Gasteiger partial charge is 0.251 e. The van der Waals surface area contributed by atoms with Gasteiger partial charge in [0.25, 0.3) is 5.91 Å². The summed E-state index contributed by atoms with van der Waals surface area (Å²) in [6, 6.07) is 16.8. The Morgan fingerprint density at radius 2 is 1.98 bits per heavy atom. The second-order valence-electron chi connectivity index (χ2n) is 11.0. The van der Waals surface area contributed by atoms with E-state index in [1.165, 1.54) is 0 Å². The number of amides is 1. The Hall–Kier alpha value is -4.43. The highest BCUT2D eigenvalue weighted by molar-refractivity contribution is 5.97. The summed E-state index contributed by atoms with van der Waals surface area (Å²) in [5.41, 5.74) is 4.44. The van der Waals surface area contributed by atoms with E-state index in [1.54, 1.807) is 31.5 Å². The maximum Gasteiger partial charge on any atom is 0.251 e. The molecule has 0 radical (unpaired) electrons. The number of fused-ring (bicyclic) bond motifs is 1. The van der Waals surface area contributed by atoms with Crippen LogP contribution in [0.3, 0.4) is 0 Å². The molecular weight excluding hydrogens is 548 g/mol. The van der Waals surface area contributed by atoms with Crippen LogP contribution in [0.2, 0.25) is 0 Å². The van der Waals surface area contributed by atoms with Gasteiger partial charge >= 0.3 is 0 Å². The summed E-state index contributed by atoms with van der Waals surface area (Å²) < 4.78 is 23.6. The number of aliphatic hydroxyl groups is 1. The highest BCUT2D eigenvalue weighted by Crippen LogP contribution is 2.38. The van der Waals surface area contributed by atoms with Gasteiger partial charge in [-0.25, -0.2) is 0 Å². The van der Waals surface area contributed by atoms with Crippen LogP contribution in [0.1, 0.15) is 35.2 Å². The Balaban J connectivity index is 1.26. The average Bonchev–Trinajstić information content (AvgIpc) is 3.64. The van der Waals surface area contributed by atoms with Crippen LogP contribution in [0.15, 0.2) is 59.1 Å². The predicted molar refractivity (Wildman–Crippen MR) is 160 cm³/mol. The first-order valence-corrected chi connectivity index (χ1v) is 14.4. The molecule has 2 aromatic carbocycles. The molecule has 10 heteroatoms. The van der Waals surface area contributed by atoms with Gasteiger partial charge in [0, 0.05) is 54.9 Å². The van der Waals surface area contributed by atoms with Gasteiger partial charge in [-0.3, -0.25) is 14.7 Å². The molecule has 2 N–H and O–H groups in total. The number of nitrogens with one attached hydrogen (secondary N) is 1. The first kappa shape index (κ1) is 28.7. The number of aromatic nitrogens is 1. The number of ether oxygens (including phenoxy) is 3. The second kappa shape index (κ2) is 12.4. The molecule has 0 spiro atoms. The van der Waals surface area contributed by atoms with Crippen molar-refractivity contribution in [3.05, 3.63) is 65.9 Å². The maximum atomic E-state index is 13.0. The minimum atomic E-state index is -0.201. The van der Waals surface area contributed by atoms with Gasteiger partial charge in [-0.1, -0.05) is 6.07 Å². The van der Waals surface area contributed by atoms with Crippen LogP contribution in [0.25, 0.3) is 33.6 Å². The van der Waals surface area contributed by atoms with Crippen molar-refractivity contribution in [1.29, 1.82) is 5.26 Å². The molecule has 4 aromatic rings. The Labute approximate surface area is 249 Å². The van der Waals surface area contributed by atoms with Crippen molar-refractivity contribution in [2.45, 2.75) is 37.5 Å². The Morgan fingerprint density at radius 3 is 2.72 bits per heavy atom. The number of hydrogen-bond donors (Lipinski definition) is 2. The van der Waals surface area contributed by atoms with Crippen LogP contribution in [-0.4, -0.2) is 79.6 Å². The van der Waals surface area contributed by atoms with Crippen molar-refractivity contribution in [3.8, 4) is 40.0 Å². The zero-order chi connectivity index (χ0) is 29.9. The van der Waals surface area contributed by atoms with Gasteiger partial charge in [0.15, 0.2) is 5.58 Å². The van der Waals surface area contributed by atoms with Crippen LogP contribution >= 0.6 is 0 Å². The van der Waals surface area contributed by atoms with Crippen LogP contribution in [0.4, 0.5) is 0 Å². The van der Waals surface area contributed by atoms with Crippen LogP contribution in [0, 0.1) is 11.3 Å². The van der Waals surface area contributed by atoms with E-state index in [1.807, 2.05) is 37.4 Å². The third-order valence-electron chi connectivity index (χ3n) is 8.25. The molecule has 2 aromatic heterocycles. The Bertz CT molecular complexity index is 1670. The van der Waals surface area contributed by atoms with Crippen LogP contribution < -0.4 is 14.8 Å². The third kappa shape index (κ3) is 5.92. The standard InChI is InChI=1S/C33H34N4O6/c1-37-18-23(15-24(37)19-38)36-33(39)21-3-5-27(30(14-21)40-2)31-16-28-32(43-31)26(7-10-35-28)20-4-6-29(22(13-20)17-34)42-25-8-11-41-12-9-25/h3-7,10,13-14,16,23-25,38H,8-9,11-12,15,18-19H2,1-2H3,(H,36,39)/t23-,24-/m0/s1. The Kier molecular flexibility index (Phi) is 8.29. The fourth-order valence-corrected chi connectivity index (χ4v) is 5.86. The van der Waals surface area contributed by atoms with Crippen molar-refractivity contribution in [2.75, 3.05) is 40.5 Å². The molecule has 2 fully saturated rings. The van der Waals surface area contributed by atoms with Gasteiger partial charge in [-0.15, -0.1) is 0 Å². The zero-order valence-electron chi connectivity index (χ0n) is 24.2. The lowest BCUT2D eigenvalue weighted by molar-refractivity contribution is 0.0254. The predicted octanol–water partition coefficient (Wildman–Crippen LogP) is 4.39. The molecule has 4 heterocycles. The minimum absolute atomic E-state index is 0.0300. The van der Waals surface area contributed by atoms with Crippen molar-refractivity contribution in [1.82, 2.24) is 15.2 Å². The number of rotatable bonds is 8. The molecule has 2 aliphatic heterocycles. The molecule has 1 amide bonds. The summed E-state index contributed by atoms with van der Waals surface area (Å²) in [4.78, 5) is 19.6. The van der Waals surface area contributed by atoms with E-state index in [0.717, 1.165) is 24.0 Å². The first-order chi connectivity index (χ1) is 21.0. The van der Waals surface area contributed by atoms with Gasteiger partial charge in [0.2, 0.25) is 0 Å². The maximum absolute atomic E-state index is 13.0. The topological polar surface area (TPSA) is 130 Å². The number of nitriles is 1. The summed E-state index contributed by atoms with van der Waals surface area (Å²) in [5.74, 6) is 1.40. The van der Waals surface area contributed by atoms with Gasteiger partial charge in [0.1, 0.15) is 34.9 Å². The minimum Gasteiger partial charge on any atom is -0.496 e. The van der Waals surface area contributed by atoms with E-state index in [2.05, 4.69) is 21.3 Å². The average molecular weight is 583 g/mol. The second-order valence-corrected chi connectivity index (χ2v) is 11.0. The fourth-order valence-electron chi connectivity index (χ4n) is 5.86. The Morgan fingerprint density at radius 1 is 1.14 bits per heavy atom. The summed E-state index contributed by atoms with van der Waals surface area (Å²) in [6.45, 7) is 2.06. The fraction of sp³-hybridized carbons (Fsp3) is 0.364. The summed E-state index contributed by atoms with van der Waals surface area (Å²) in [5, 5.41) is 22.5. The quantitative estimate of drug-likeness (QED) is 0.311. The van der Waals surface area contributed by atoms with Gasteiger partial charge in [-0.05, 0) is 55.4 Å².